The highest BCUT2D eigenvalue weighted by Crippen LogP contribution is 2.36. The summed E-state index contributed by atoms with van der Waals surface area (Å²) in [5, 5.41) is 8.99. The molecule has 1 heterocycles. The summed E-state index contributed by atoms with van der Waals surface area (Å²) in [6, 6.07) is 6.94. The Balaban J connectivity index is 2.12. The third-order valence-corrected chi connectivity index (χ3v) is 3.60. The van der Waals surface area contributed by atoms with Gasteiger partial charge < -0.3 is 9.47 Å². The van der Waals surface area contributed by atoms with E-state index in [-0.39, 0.29) is 5.75 Å². The fourth-order valence-electron chi connectivity index (χ4n) is 2.32. The molecule has 11 heteroatoms. The number of para-hydroxylation sites is 1. The Labute approximate surface area is 147 Å². The van der Waals surface area contributed by atoms with Gasteiger partial charge >= 0.3 is 11.7 Å². The normalized spacial score (nSPS) is 19.6. The zero-order chi connectivity index (χ0) is 19.9. The summed E-state index contributed by atoms with van der Waals surface area (Å²) in [4.78, 5) is 23.8. The Hall–Kier alpha value is -3.21. The van der Waals surface area contributed by atoms with Gasteiger partial charge in [-0.2, -0.15) is 8.78 Å². The van der Waals surface area contributed by atoms with E-state index >= 15 is 0 Å². The maximum Gasteiger partial charge on any atom is 0.344 e. The molecule has 1 saturated heterocycles. The summed E-state index contributed by atoms with van der Waals surface area (Å²) in [5.74, 6) is -19.6. The summed E-state index contributed by atoms with van der Waals surface area (Å²) >= 11 is 0. The predicted molar refractivity (Wildman–Crippen MR) is 74.9 cm³/mol. The number of hydrogen-bond donors (Lipinski definition) is 1. The molecular formula is C16H8F5NO5. The second-order valence-corrected chi connectivity index (χ2v) is 5.36. The van der Waals surface area contributed by atoms with Crippen molar-refractivity contribution in [3.05, 3.63) is 59.4 Å². The number of imide groups is 1. The van der Waals surface area contributed by atoms with Crippen molar-refractivity contribution in [2.24, 2.45) is 0 Å². The summed E-state index contributed by atoms with van der Waals surface area (Å²) in [5.41, 5.74) is 0. The summed E-state index contributed by atoms with van der Waals surface area (Å²) in [7, 11) is 0. The SMILES string of the molecule is O=C1CC(Oc2ccccc2)(Oc2c(F)c(F)c(F)c(F)c2F)C(=O)N1O. The van der Waals surface area contributed by atoms with Crippen LogP contribution in [-0.4, -0.2) is 27.9 Å². The minimum absolute atomic E-state index is 0.141. The first-order valence-electron chi connectivity index (χ1n) is 7.18. The van der Waals surface area contributed by atoms with Gasteiger partial charge in [0.1, 0.15) is 12.2 Å². The first kappa shape index (κ1) is 18.6. The number of rotatable bonds is 4. The van der Waals surface area contributed by atoms with Crippen LogP contribution in [-0.2, 0) is 9.59 Å². The van der Waals surface area contributed by atoms with E-state index in [0.717, 1.165) is 0 Å². The molecule has 0 bridgehead atoms. The lowest BCUT2D eigenvalue weighted by molar-refractivity contribution is -0.189. The number of carbonyl (C=O) groups excluding carboxylic acids is 2. The number of carbonyl (C=O) groups is 2. The van der Waals surface area contributed by atoms with Crippen molar-refractivity contribution in [3.63, 3.8) is 0 Å². The Morgan fingerprint density at radius 3 is 1.85 bits per heavy atom. The monoisotopic (exact) mass is 389 g/mol. The van der Waals surface area contributed by atoms with Crippen LogP contribution in [0.25, 0.3) is 0 Å². The van der Waals surface area contributed by atoms with Crippen LogP contribution in [0.1, 0.15) is 6.42 Å². The summed E-state index contributed by atoms with van der Waals surface area (Å²) in [6.45, 7) is 0. The average molecular weight is 389 g/mol. The Kier molecular flexibility index (Phi) is 4.47. The molecule has 0 aliphatic carbocycles. The number of ether oxygens (including phenoxy) is 2. The van der Waals surface area contributed by atoms with E-state index in [0.29, 0.717) is 0 Å². The number of nitrogens with zero attached hydrogens (tertiary/aromatic N) is 1. The highest BCUT2D eigenvalue weighted by molar-refractivity contribution is 6.05. The molecule has 142 valence electrons. The van der Waals surface area contributed by atoms with Gasteiger partial charge in [-0.1, -0.05) is 18.2 Å². The second kappa shape index (κ2) is 6.50. The molecule has 0 saturated carbocycles. The number of benzene rings is 2. The highest BCUT2D eigenvalue weighted by atomic mass is 19.2. The maximum absolute atomic E-state index is 13.9. The molecule has 0 spiro atoms. The second-order valence-electron chi connectivity index (χ2n) is 5.36. The Bertz CT molecular complexity index is 910. The van der Waals surface area contributed by atoms with E-state index in [1.165, 1.54) is 24.3 Å². The van der Waals surface area contributed by atoms with Crippen LogP contribution in [0.4, 0.5) is 22.0 Å². The van der Waals surface area contributed by atoms with Crippen LogP contribution in [0.3, 0.4) is 0 Å². The topological polar surface area (TPSA) is 76.1 Å². The molecular weight excluding hydrogens is 381 g/mol. The van der Waals surface area contributed by atoms with Crippen LogP contribution >= 0.6 is 0 Å². The third kappa shape index (κ3) is 2.95. The molecule has 1 aliphatic heterocycles. The van der Waals surface area contributed by atoms with Gasteiger partial charge in [0.2, 0.25) is 34.8 Å². The van der Waals surface area contributed by atoms with E-state index in [1.807, 2.05) is 0 Å². The van der Waals surface area contributed by atoms with Crippen LogP contribution in [0.5, 0.6) is 11.5 Å². The largest absolute Gasteiger partial charge is 0.444 e. The van der Waals surface area contributed by atoms with E-state index < -0.39 is 63.9 Å². The van der Waals surface area contributed by atoms with E-state index in [1.54, 1.807) is 6.07 Å². The van der Waals surface area contributed by atoms with Gasteiger partial charge in [0, 0.05) is 0 Å². The van der Waals surface area contributed by atoms with Gasteiger partial charge in [0.25, 0.3) is 5.91 Å². The molecule has 1 N–H and O–H groups in total. The molecule has 1 unspecified atom stereocenters. The molecule has 1 fully saturated rings. The summed E-state index contributed by atoms with van der Waals surface area (Å²) in [6.07, 6.45) is -1.09. The number of amides is 2. The standard InChI is InChI=1S/C16H8F5NO5/c17-9-10(18)12(20)14(13(21)11(9)19)27-16(6-8(23)22(25)15(16)24)26-7-4-2-1-3-5-7/h1-5,25H,6H2. The van der Waals surface area contributed by atoms with Crippen LogP contribution < -0.4 is 9.47 Å². The zero-order valence-corrected chi connectivity index (χ0v) is 13.0. The molecule has 1 atom stereocenters. The van der Waals surface area contributed by atoms with Gasteiger partial charge in [-0.3, -0.25) is 14.8 Å². The Morgan fingerprint density at radius 2 is 1.37 bits per heavy atom. The molecule has 2 aromatic rings. The minimum atomic E-state index is -2.88. The lowest BCUT2D eigenvalue weighted by Gasteiger charge is -2.28. The lowest BCUT2D eigenvalue weighted by atomic mass is 10.2. The molecule has 27 heavy (non-hydrogen) atoms. The fourth-order valence-corrected chi connectivity index (χ4v) is 2.32. The Morgan fingerprint density at radius 1 is 0.852 bits per heavy atom. The molecule has 6 nitrogen and oxygen atoms in total. The fraction of sp³-hybridized carbons (Fsp3) is 0.125. The van der Waals surface area contributed by atoms with E-state index in [4.69, 9.17) is 9.47 Å². The molecule has 3 rings (SSSR count). The third-order valence-electron chi connectivity index (χ3n) is 3.60. The molecule has 1 aliphatic rings. The van der Waals surface area contributed by atoms with Crippen molar-refractivity contribution < 1.29 is 46.2 Å². The first-order valence-corrected chi connectivity index (χ1v) is 7.18. The smallest absolute Gasteiger partial charge is 0.344 e. The van der Waals surface area contributed by atoms with E-state index in [9.17, 15) is 36.7 Å². The molecule has 2 amide bonds. The minimum Gasteiger partial charge on any atom is -0.444 e. The van der Waals surface area contributed by atoms with Crippen LogP contribution in [0.15, 0.2) is 30.3 Å². The summed E-state index contributed by atoms with van der Waals surface area (Å²) < 4.78 is 77.6. The maximum atomic E-state index is 13.9. The van der Waals surface area contributed by atoms with Crippen molar-refractivity contribution in [2.45, 2.75) is 12.2 Å². The quantitative estimate of drug-likeness (QED) is 0.217. The van der Waals surface area contributed by atoms with Gasteiger partial charge in [-0.15, -0.1) is 5.06 Å². The van der Waals surface area contributed by atoms with Crippen LogP contribution in [0, 0.1) is 29.1 Å². The first-order chi connectivity index (χ1) is 12.7. The van der Waals surface area contributed by atoms with Crippen molar-refractivity contribution in [3.8, 4) is 11.5 Å². The van der Waals surface area contributed by atoms with Crippen molar-refractivity contribution in [1.82, 2.24) is 5.06 Å². The van der Waals surface area contributed by atoms with Crippen LogP contribution in [0.2, 0.25) is 0 Å². The van der Waals surface area contributed by atoms with E-state index in [2.05, 4.69) is 0 Å². The van der Waals surface area contributed by atoms with Gasteiger partial charge in [-0.25, -0.2) is 13.2 Å². The predicted octanol–water partition coefficient (Wildman–Crippen LogP) is 2.68. The lowest BCUT2D eigenvalue weighted by Crippen LogP contribution is -2.49. The molecule has 2 aromatic carbocycles. The molecule has 0 radical (unpaired) electrons. The van der Waals surface area contributed by atoms with Gasteiger partial charge in [-0.05, 0) is 12.1 Å². The average Bonchev–Trinajstić information content (AvgIpc) is 2.87. The molecule has 0 aromatic heterocycles. The number of hydroxylamine groups is 2. The number of halogens is 5. The highest BCUT2D eigenvalue weighted by Gasteiger charge is 2.58. The van der Waals surface area contributed by atoms with Gasteiger partial charge in [0.05, 0.1) is 0 Å². The van der Waals surface area contributed by atoms with Gasteiger partial charge in [0.15, 0.2) is 0 Å². The zero-order valence-electron chi connectivity index (χ0n) is 13.0. The number of hydrogen-bond acceptors (Lipinski definition) is 5. The van der Waals surface area contributed by atoms with Crippen molar-refractivity contribution >= 4 is 11.8 Å². The van der Waals surface area contributed by atoms with Crippen molar-refractivity contribution in [1.29, 1.82) is 0 Å². The van der Waals surface area contributed by atoms with Crippen molar-refractivity contribution in [2.75, 3.05) is 0 Å².